The largest absolute Gasteiger partial charge is 0.313 e. The first-order valence-electron chi connectivity index (χ1n) is 6.09. The van der Waals surface area contributed by atoms with Crippen LogP contribution in [0.5, 0.6) is 0 Å². The van der Waals surface area contributed by atoms with Gasteiger partial charge in [-0.1, -0.05) is 0 Å². The van der Waals surface area contributed by atoms with E-state index in [9.17, 15) is 17.2 Å². The van der Waals surface area contributed by atoms with Gasteiger partial charge in [-0.05, 0) is 38.0 Å². The Hall–Kier alpha value is -1.05. The molecule has 0 bridgehead atoms. The molecule has 0 spiro atoms. The smallest absolute Gasteiger partial charge is 0.243 e. The normalized spacial score (nSPS) is 24.4. The lowest BCUT2D eigenvalue weighted by Crippen LogP contribution is -2.48. The van der Waals surface area contributed by atoms with Crippen LogP contribution in [-0.4, -0.2) is 27.0 Å². The van der Waals surface area contributed by atoms with Crippen LogP contribution in [0.15, 0.2) is 23.1 Å². The summed E-state index contributed by atoms with van der Waals surface area (Å²) in [5.74, 6) is -1.73. The van der Waals surface area contributed by atoms with Crippen molar-refractivity contribution in [3.63, 3.8) is 0 Å². The number of halogens is 2. The lowest BCUT2D eigenvalue weighted by Gasteiger charge is -2.28. The molecule has 2 N–H and O–H groups in total. The third-order valence-corrected chi connectivity index (χ3v) is 4.70. The summed E-state index contributed by atoms with van der Waals surface area (Å²) in [4.78, 5) is -0.647. The highest BCUT2D eigenvalue weighted by molar-refractivity contribution is 7.89. The first-order chi connectivity index (χ1) is 8.88. The van der Waals surface area contributed by atoms with Gasteiger partial charge in [-0.25, -0.2) is 21.9 Å². The Balaban J connectivity index is 2.16. The zero-order valence-electron chi connectivity index (χ0n) is 10.5. The molecule has 4 nitrogen and oxygen atoms in total. The maximum Gasteiger partial charge on any atom is 0.243 e. The van der Waals surface area contributed by atoms with Crippen LogP contribution in [-0.2, 0) is 10.0 Å². The van der Waals surface area contributed by atoms with E-state index >= 15 is 0 Å². The van der Waals surface area contributed by atoms with E-state index in [-0.39, 0.29) is 6.04 Å². The number of nitrogens with one attached hydrogen (secondary N) is 2. The van der Waals surface area contributed by atoms with Gasteiger partial charge in [0, 0.05) is 18.6 Å². The van der Waals surface area contributed by atoms with Gasteiger partial charge in [0.15, 0.2) is 0 Å². The number of benzene rings is 1. The van der Waals surface area contributed by atoms with E-state index in [4.69, 9.17) is 0 Å². The molecule has 1 aromatic carbocycles. The van der Waals surface area contributed by atoms with E-state index in [1.807, 2.05) is 6.92 Å². The Morgan fingerprint density at radius 1 is 1.32 bits per heavy atom. The molecule has 1 saturated heterocycles. The molecule has 0 radical (unpaired) electrons. The van der Waals surface area contributed by atoms with Gasteiger partial charge in [-0.3, -0.25) is 0 Å². The summed E-state index contributed by atoms with van der Waals surface area (Å²) in [5, 5.41) is 3.14. The first-order valence-corrected chi connectivity index (χ1v) is 7.57. The molecule has 106 valence electrons. The minimum atomic E-state index is -4.04. The lowest BCUT2D eigenvalue weighted by atomic mass is 10.0. The van der Waals surface area contributed by atoms with Crippen LogP contribution in [0, 0.1) is 11.6 Å². The Bertz CT molecular complexity index is 555. The molecule has 1 aliphatic rings. The van der Waals surface area contributed by atoms with Crippen LogP contribution in [0.3, 0.4) is 0 Å². The number of hydrogen-bond donors (Lipinski definition) is 2. The minimum absolute atomic E-state index is 0.302. The fourth-order valence-corrected chi connectivity index (χ4v) is 3.42. The van der Waals surface area contributed by atoms with E-state index < -0.39 is 26.6 Å². The quantitative estimate of drug-likeness (QED) is 0.884. The number of piperidine rings is 1. The fourth-order valence-electron chi connectivity index (χ4n) is 2.07. The predicted octanol–water partition coefficient (Wildman–Crippen LogP) is 1.38. The van der Waals surface area contributed by atoms with E-state index in [1.54, 1.807) is 0 Å². The van der Waals surface area contributed by atoms with E-state index in [1.165, 1.54) is 0 Å². The summed E-state index contributed by atoms with van der Waals surface area (Å²) < 4.78 is 52.9. The molecular weight excluding hydrogens is 274 g/mol. The van der Waals surface area contributed by atoms with Gasteiger partial charge in [0.2, 0.25) is 10.0 Å². The van der Waals surface area contributed by atoms with Gasteiger partial charge in [0.1, 0.15) is 16.5 Å². The molecule has 1 fully saturated rings. The van der Waals surface area contributed by atoms with Crippen molar-refractivity contribution in [2.24, 2.45) is 0 Å². The molecular formula is C12H16F2N2O2S. The van der Waals surface area contributed by atoms with Crippen molar-refractivity contribution in [2.75, 3.05) is 6.54 Å². The maximum absolute atomic E-state index is 13.5. The zero-order valence-corrected chi connectivity index (χ0v) is 11.3. The molecule has 0 amide bonds. The van der Waals surface area contributed by atoms with Crippen molar-refractivity contribution in [1.82, 2.24) is 10.0 Å². The average molecular weight is 290 g/mol. The second-order valence-electron chi connectivity index (χ2n) is 4.78. The van der Waals surface area contributed by atoms with Gasteiger partial charge in [0.05, 0.1) is 0 Å². The second-order valence-corrected chi connectivity index (χ2v) is 6.46. The van der Waals surface area contributed by atoms with Crippen molar-refractivity contribution in [2.45, 2.75) is 36.7 Å². The third-order valence-electron chi connectivity index (χ3n) is 3.17. The van der Waals surface area contributed by atoms with Gasteiger partial charge in [0.25, 0.3) is 0 Å². The highest BCUT2D eigenvalue weighted by Crippen LogP contribution is 2.17. The average Bonchev–Trinajstić information content (AvgIpc) is 2.35. The molecule has 2 unspecified atom stereocenters. The molecule has 7 heteroatoms. The van der Waals surface area contributed by atoms with Gasteiger partial charge in [-0.2, -0.15) is 0 Å². The molecule has 1 aliphatic heterocycles. The number of rotatable bonds is 3. The highest BCUT2D eigenvalue weighted by Gasteiger charge is 2.26. The topological polar surface area (TPSA) is 58.2 Å². The molecule has 0 aliphatic carbocycles. The molecule has 0 aromatic heterocycles. The monoisotopic (exact) mass is 290 g/mol. The summed E-state index contributed by atoms with van der Waals surface area (Å²) in [6.07, 6.45) is 1.50. The number of hydrogen-bond acceptors (Lipinski definition) is 3. The first kappa shape index (κ1) is 14.4. The molecule has 2 atom stereocenters. The minimum Gasteiger partial charge on any atom is -0.313 e. The third kappa shape index (κ3) is 3.49. The van der Waals surface area contributed by atoms with Crippen LogP contribution in [0.2, 0.25) is 0 Å². The number of sulfonamides is 1. The summed E-state index contributed by atoms with van der Waals surface area (Å²) in [5.41, 5.74) is 0. The molecule has 19 heavy (non-hydrogen) atoms. The summed E-state index contributed by atoms with van der Waals surface area (Å²) in [6, 6.07) is 2.43. The Kier molecular flexibility index (Phi) is 4.17. The van der Waals surface area contributed by atoms with Crippen molar-refractivity contribution in [3.8, 4) is 0 Å². The standard InChI is InChI=1S/C12H16F2N2O2S/c1-8-2-4-10(7-15-8)16-19(17,18)12-6-9(13)3-5-11(12)14/h3,5-6,8,10,15-16H,2,4,7H2,1H3. The Morgan fingerprint density at radius 2 is 2.05 bits per heavy atom. The van der Waals surface area contributed by atoms with Crippen LogP contribution >= 0.6 is 0 Å². The molecule has 1 aromatic rings. The van der Waals surface area contributed by atoms with Crippen LogP contribution in [0.1, 0.15) is 19.8 Å². The van der Waals surface area contributed by atoms with Crippen molar-refractivity contribution >= 4 is 10.0 Å². The molecule has 2 rings (SSSR count). The van der Waals surface area contributed by atoms with Crippen LogP contribution < -0.4 is 10.0 Å². The Labute approximate surface area is 111 Å². The van der Waals surface area contributed by atoms with E-state index in [2.05, 4.69) is 10.0 Å². The van der Waals surface area contributed by atoms with E-state index in [0.717, 1.165) is 18.6 Å². The molecule has 0 saturated carbocycles. The SMILES string of the molecule is CC1CCC(NS(=O)(=O)c2cc(F)ccc2F)CN1. The molecule has 1 heterocycles. The van der Waals surface area contributed by atoms with Crippen LogP contribution in [0.25, 0.3) is 0 Å². The van der Waals surface area contributed by atoms with Crippen molar-refractivity contribution < 1.29 is 17.2 Å². The van der Waals surface area contributed by atoms with Crippen LogP contribution in [0.4, 0.5) is 8.78 Å². The lowest BCUT2D eigenvalue weighted by molar-refractivity contribution is 0.365. The van der Waals surface area contributed by atoms with Crippen molar-refractivity contribution in [3.05, 3.63) is 29.8 Å². The van der Waals surface area contributed by atoms with Gasteiger partial charge >= 0.3 is 0 Å². The summed E-state index contributed by atoms with van der Waals surface area (Å²) >= 11 is 0. The van der Waals surface area contributed by atoms with Gasteiger partial charge < -0.3 is 5.32 Å². The Morgan fingerprint density at radius 3 is 2.68 bits per heavy atom. The fraction of sp³-hybridized carbons (Fsp3) is 0.500. The van der Waals surface area contributed by atoms with Crippen molar-refractivity contribution in [1.29, 1.82) is 0 Å². The van der Waals surface area contributed by atoms with E-state index in [0.29, 0.717) is 25.1 Å². The maximum atomic E-state index is 13.5. The van der Waals surface area contributed by atoms with Gasteiger partial charge in [-0.15, -0.1) is 0 Å². The zero-order chi connectivity index (χ0) is 14.0. The summed E-state index contributed by atoms with van der Waals surface area (Å²) in [7, 11) is -4.04. The predicted molar refractivity (Wildman–Crippen MR) is 67.2 cm³/mol. The highest BCUT2D eigenvalue weighted by atomic mass is 32.2. The summed E-state index contributed by atoms with van der Waals surface area (Å²) in [6.45, 7) is 2.49. The second kappa shape index (κ2) is 5.52.